The number of hydrogen-bond donors (Lipinski definition) is 1. The summed E-state index contributed by atoms with van der Waals surface area (Å²) in [5.74, 6) is 0.503. The van der Waals surface area contributed by atoms with Gasteiger partial charge in [-0.3, -0.25) is 4.79 Å². The average Bonchev–Trinajstić information content (AvgIpc) is 2.23. The van der Waals surface area contributed by atoms with Crippen molar-refractivity contribution in [2.45, 2.75) is 45.8 Å². The minimum absolute atomic E-state index is 0.107. The summed E-state index contributed by atoms with van der Waals surface area (Å²) in [5, 5.41) is 3.50. The average molecular weight is 270 g/mol. The second-order valence-corrected chi connectivity index (χ2v) is 5.65. The molecule has 0 aliphatic carbocycles. The van der Waals surface area contributed by atoms with Crippen LogP contribution in [0.5, 0.6) is 5.75 Å². The minimum Gasteiger partial charge on any atom is -0.481 e. The lowest BCUT2D eigenvalue weighted by molar-refractivity contribution is -0.129. The number of amides is 1. The van der Waals surface area contributed by atoms with E-state index in [0.29, 0.717) is 17.2 Å². The van der Waals surface area contributed by atoms with Gasteiger partial charge in [-0.05, 0) is 45.4 Å². The van der Waals surface area contributed by atoms with E-state index in [4.69, 9.17) is 16.3 Å². The molecule has 1 atom stereocenters. The summed E-state index contributed by atoms with van der Waals surface area (Å²) < 4.78 is 5.66. The Morgan fingerprint density at radius 2 is 2.11 bits per heavy atom. The van der Waals surface area contributed by atoms with E-state index in [0.717, 1.165) is 0 Å². The van der Waals surface area contributed by atoms with E-state index in [1.807, 2.05) is 27.7 Å². The highest BCUT2D eigenvalue weighted by molar-refractivity contribution is 6.30. The lowest BCUT2D eigenvalue weighted by atomic mass is 10.1. The van der Waals surface area contributed by atoms with Crippen molar-refractivity contribution in [3.63, 3.8) is 0 Å². The maximum Gasteiger partial charge on any atom is 0.261 e. The third-order valence-electron chi connectivity index (χ3n) is 2.24. The van der Waals surface area contributed by atoms with Gasteiger partial charge in [-0.2, -0.15) is 0 Å². The number of hydrogen-bond acceptors (Lipinski definition) is 2. The Balaban J connectivity index is 2.70. The van der Waals surface area contributed by atoms with Crippen molar-refractivity contribution in [2.75, 3.05) is 0 Å². The molecule has 4 heteroatoms. The number of carbonyl (C=O) groups is 1. The third-order valence-corrected chi connectivity index (χ3v) is 2.47. The molecular weight excluding hydrogens is 250 g/mol. The molecule has 0 heterocycles. The van der Waals surface area contributed by atoms with Gasteiger partial charge in [0.25, 0.3) is 5.91 Å². The predicted octanol–water partition coefficient (Wildman–Crippen LogP) is 3.41. The molecule has 18 heavy (non-hydrogen) atoms. The summed E-state index contributed by atoms with van der Waals surface area (Å²) in [7, 11) is 0. The molecule has 0 bridgehead atoms. The summed E-state index contributed by atoms with van der Waals surface area (Å²) in [6.45, 7) is 7.74. The Kier molecular flexibility index (Phi) is 5.03. The first kappa shape index (κ1) is 14.8. The van der Waals surface area contributed by atoms with Gasteiger partial charge >= 0.3 is 0 Å². The predicted molar refractivity (Wildman–Crippen MR) is 74.1 cm³/mol. The van der Waals surface area contributed by atoms with Crippen molar-refractivity contribution >= 4 is 17.5 Å². The van der Waals surface area contributed by atoms with Crippen LogP contribution in [0.4, 0.5) is 0 Å². The van der Waals surface area contributed by atoms with Gasteiger partial charge in [0.15, 0.2) is 6.10 Å². The van der Waals surface area contributed by atoms with E-state index in [9.17, 15) is 4.79 Å². The van der Waals surface area contributed by atoms with Gasteiger partial charge in [-0.1, -0.05) is 24.6 Å². The van der Waals surface area contributed by atoms with Gasteiger partial charge in [0.1, 0.15) is 5.75 Å². The van der Waals surface area contributed by atoms with Crippen LogP contribution in [-0.4, -0.2) is 17.6 Å². The normalized spacial score (nSPS) is 12.9. The van der Waals surface area contributed by atoms with Crippen LogP contribution in [0.25, 0.3) is 0 Å². The van der Waals surface area contributed by atoms with Crippen LogP contribution >= 0.6 is 11.6 Å². The van der Waals surface area contributed by atoms with Gasteiger partial charge < -0.3 is 10.1 Å². The molecule has 100 valence electrons. The highest BCUT2D eigenvalue weighted by Gasteiger charge is 2.22. The first-order chi connectivity index (χ1) is 8.31. The molecule has 0 saturated heterocycles. The Morgan fingerprint density at radius 3 is 2.61 bits per heavy atom. The quantitative estimate of drug-likeness (QED) is 0.910. The number of nitrogens with one attached hydrogen (secondary N) is 1. The van der Waals surface area contributed by atoms with Gasteiger partial charge in [0.2, 0.25) is 0 Å². The fourth-order valence-corrected chi connectivity index (χ4v) is 1.66. The maximum absolute atomic E-state index is 12.0. The maximum atomic E-state index is 12.0. The van der Waals surface area contributed by atoms with Crippen LogP contribution in [-0.2, 0) is 4.79 Å². The lowest BCUT2D eigenvalue weighted by Gasteiger charge is -2.24. The van der Waals surface area contributed by atoms with Crippen LogP contribution in [0.2, 0.25) is 5.02 Å². The van der Waals surface area contributed by atoms with Gasteiger partial charge in [-0.15, -0.1) is 0 Å². The molecule has 0 fully saturated rings. The fraction of sp³-hybridized carbons (Fsp3) is 0.500. The highest BCUT2D eigenvalue weighted by Crippen LogP contribution is 2.19. The molecular formula is C14H20ClNO2. The third kappa shape index (κ3) is 4.96. The Morgan fingerprint density at radius 1 is 1.44 bits per heavy atom. The zero-order valence-electron chi connectivity index (χ0n) is 11.3. The van der Waals surface area contributed by atoms with Crippen molar-refractivity contribution in [1.29, 1.82) is 0 Å². The van der Waals surface area contributed by atoms with Crippen LogP contribution in [0.1, 0.15) is 34.1 Å². The van der Waals surface area contributed by atoms with E-state index in [-0.39, 0.29) is 11.4 Å². The SMILES string of the molecule is CCC(Oc1cccc(Cl)c1)C(=O)NC(C)(C)C. The number of rotatable bonds is 4. The molecule has 1 rings (SSSR count). The zero-order valence-corrected chi connectivity index (χ0v) is 12.0. The Bertz CT molecular complexity index is 413. The highest BCUT2D eigenvalue weighted by atomic mass is 35.5. The van der Waals surface area contributed by atoms with E-state index in [1.165, 1.54) is 0 Å². The first-order valence-corrected chi connectivity index (χ1v) is 6.44. The van der Waals surface area contributed by atoms with E-state index >= 15 is 0 Å². The van der Waals surface area contributed by atoms with Crippen LogP contribution < -0.4 is 10.1 Å². The summed E-state index contributed by atoms with van der Waals surface area (Å²) in [6, 6.07) is 7.06. The van der Waals surface area contributed by atoms with E-state index in [2.05, 4.69) is 5.32 Å². The summed E-state index contributed by atoms with van der Waals surface area (Å²) in [5.41, 5.74) is -0.262. The first-order valence-electron chi connectivity index (χ1n) is 6.06. The van der Waals surface area contributed by atoms with Crippen molar-refractivity contribution < 1.29 is 9.53 Å². The Labute approximate surface area is 113 Å². The van der Waals surface area contributed by atoms with Gasteiger partial charge in [0.05, 0.1) is 0 Å². The number of carbonyl (C=O) groups excluding carboxylic acids is 1. The minimum atomic E-state index is -0.498. The standard InChI is InChI=1S/C14H20ClNO2/c1-5-12(13(17)16-14(2,3)4)18-11-8-6-7-10(15)9-11/h6-9,12H,5H2,1-4H3,(H,16,17). The topological polar surface area (TPSA) is 38.3 Å². The molecule has 1 amide bonds. The number of halogens is 1. The Hall–Kier alpha value is -1.22. The molecule has 1 N–H and O–H groups in total. The second kappa shape index (κ2) is 6.10. The lowest BCUT2D eigenvalue weighted by Crippen LogP contribution is -2.47. The van der Waals surface area contributed by atoms with Crippen molar-refractivity contribution in [1.82, 2.24) is 5.32 Å². The van der Waals surface area contributed by atoms with Gasteiger partial charge in [-0.25, -0.2) is 0 Å². The van der Waals surface area contributed by atoms with E-state index in [1.54, 1.807) is 24.3 Å². The molecule has 3 nitrogen and oxygen atoms in total. The molecule has 1 unspecified atom stereocenters. The summed E-state index contributed by atoms with van der Waals surface area (Å²) >= 11 is 5.88. The number of benzene rings is 1. The fourth-order valence-electron chi connectivity index (χ4n) is 1.48. The second-order valence-electron chi connectivity index (χ2n) is 5.21. The van der Waals surface area contributed by atoms with Crippen molar-refractivity contribution in [2.24, 2.45) is 0 Å². The zero-order chi connectivity index (χ0) is 13.8. The smallest absolute Gasteiger partial charge is 0.261 e. The number of ether oxygens (including phenoxy) is 1. The van der Waals surface area contributed by atoms with Crippen molar-refractivity contribution in [3.8, 4) is 5.75 Å². The molecule has 0 aromatic heterocycles. The largest absolute Gasteiger partial charge is 0.481 e. The molecule has 0 aliphatic heterocycles. The molecule has 1 aromatic carbocycles. The molecule has 0 radical (unpaired) electrons. The van der Waals surface area contributed by atoms with Crippen LogP contribution in [0, 0.1) is 0 Å². The molecule has 0 spiro atoms. The van der Waals surface area contributed by atoms with Crippen LogP contribution in [0.15, 0.2) is 24.3 Å². The molecule has 0 saturated carbocycles. The van der Waals surface area contributed by atoms with Gasteiger partial charge in [0, 0.05) is 10.6 Å². The molecule has 1 aromatic rings. The van der Waals surface area contributed by atoms with E-state index < -0.39 is 6.10 Å². The summed E-state index contributed by atoms with van der Waals surface area (Å²) in [4.78, 5) is 12.0. The van der Waals surface area contributed by atoms with Crippen LogP contribution in [0.3, 0.4) is 0 Å². The molecule has 0 aliphatic rings. The summed E-state index contributed by atoms with van der Waals surface area (Å²) in [6.07, 6.45) is 0.108. The van der Waals surface area contributed by atoms with Crippen molar-refractivity contribution in [3.05, 3.63) is 29.3 Å². The monoisotopic (exact) mass is 269 g/mol.